The molecule has 13 heavy (non-hydrogen) atoms. The molecular weight excluding hydrogens is 168 g/mol. The van der Waals surface area contributed by atoms with Gasteiger partial charge in [0, 0.05) is 0 Å². The molecule has 1 rings (SSSR count). The van der Waals surface area contributed by atoms with Crippen molar-refractivity contribution in [2.45, 2.75) is 19.9 Å². The molecule has 0 radical (unpaired) electrons. The molecule has 2 N–H and O–H groups in total. The van der Waals surface area contributed by atoms with Crippen LogP contribution in [0.1, 0.15) is 18.1 Å². The molecule has 0 aliphatic heterocycles. The van der Waals surface area contributed by atoms with Crippen LogP contribution in [0.4, 0.5) is 0 Å². The van der Waals surface area contributed by atoms with E-state index in [1.807, 2.05) is 14.0 Å². The zero-order valence-electron chi connectivity index (χ0n) is 8.13. The molecule has 0 saturated heterocycles. The van der Waals surface area contributed by atoms with Gasteiger partial charge in [-0.1, -0.05) is 5.16 Å². The largest absolute Gasteiger partial charge is 0.338 e. The highest BCUT2D eigenvalue weighted by Gasteiger charge is 2.00. The third-order valence-electron chi connectivity index (χ3n) is 1.63. The van der Waals surface area contributed by atoms with Crippen molar-refractivity contribution in [2.75, 3.05) is 20.1 Å². The van der Waals surface area contributed by atoms with Gasteiger partial charge in [0.2, 0.25) is 5.89 Å². The van der Waals surface area contributed by atoms with Crippen molar-refractivity contribution in [1.29, 1.82) is 0 Å². The predicted octanol–water partition coefficient (Wildman–Crippen LogP) is 0.0771. The van der Waals surface area contributed by atoms with Gasteiger partial charge in [-0.05, 0) is 33.5 Å². The molecule has 0 aromatic carbocycles. The fourth-order valence-electron chi connectivity index (χ4n) is 0.997. The topological polar surface area (TPSA) is 63.0 Å². The lowest BCUT2D eigenvalue weighted by Gasteiger charge is -2.00. The van der Waals surface area contributed by atoms with Crippen LogP contribution in [0.3, 0.4) is 0 Å². The van der Waals surface area contributed by atoms with Crippen molar-refractivity contribution in [3.63, 3.8) is 0 Å². The first kappa shape index (κ1) is 10.1. The molecule has 0 spiro atoms. The van der Waals surface area contributed by atoms with Crippen LogP contribution < -0.4 is 10.6 Å². The van der Waals surface area contributed by atoms with Gasteiger partial charge in [-0.2, -0.15) is 4.98 Å². The third kappa shape index (κ3) is 4.00. The molecule has 0 fully saturated rings. The summed E-state index contributed by atoms with van der Waals surface area (Å²) in [7, 11) is 1.95. The summed E-state index contributed by atoms with van der Waals surface area (Å²) in [5, 5.41) is 9.99. The first-order valence-corrected chi connectivity index (χ1v) is 4.47. The zero-order valence-corrected chi connectivity index (χ0v) is 8.13. The molecule has 0 unspecified atom stereocenters. The van der Waals surface area contributed by atoms with Gasteiger partial charge in [0.25, 0.3) is 0 Å². The normalized spacial score (nSPS) is 10.6. The quantitative estimate of drug-likeness (QED) is 0.613. The number of nitrogens with one attached hydrogen (secondary N) is 2. The molecule has 0 aliphatic rings. The molecule has 74 valence electrons. The fraction of sp³-hybridized carbons (Fsp3) is 0.750. The monoisotopic (exact) mass is 184 g/mol. The van der Waals surface area contributed by atoms with Crippen LogP contribution in [-0.2, 0) is 6.54 Å². The SMILES string of the molecule is CNCCCNCc1nc(C)no1. The van der Waals surface area contributed by atoms with Crippen molar-refractivity contribution in [2.24, 2.45) is 0 Å². The van der Waals surface area contributed by atoms with E-state index in [-0.39, 0.29) is 0 Å². The van der Waals surface area contributed by atoms with Crippen LogP contribution in [0.15, 0.2) is 4.52 Å². The Balaban J connectivity index is 2.06. The molecule has 1 aromatic rings. The van der Waals surface area contributed by atoms with Crippen molar-refractivity contribution in [3.8, 4) is 0 Å². The lowest BCUT2D eigenvalue weighted by molar-refractivity contribution is 0.364. The molecule has 0 saturated carbocycles. The minimum Gasteiger partial charge on any atom is -0.338 e. The Bertz CT molecular complexity index is 236. The van der Waals surface area contributed by atoms with Crippen molar-refractivity contribution < 1.29 is 4.52 Å². The maximum Gasteiger partial charge on any atom is 0.240 e. The highest BCUT2D eigenvalue weighted by atomic mass is 16.5. The zero-order chi connectivity index (χ0) is 9.52. The fourth-order valence-corrected chi connectivity index (χ4v) is 0.997. The van der Waals surface area contributed by atoms with E-state index in [4.69, 9.17) is 4.52 Å². The number of rotatable bonds is 6. The number of hydrogen-bond acceptors (Lipinski definition) is 5. The Morgan fingerprint density at radius 2 is 2.23 bits per heavy atom. The predicted molar refractivity (Wildman–Crippen MR) is 49.3 cm³/mol. The van der Waals surface area contributed by atoms with Crippen LogP contribution in [0.2, 0.25) is 0 Å². The van der Waals surface area contributed by atoms with E-state index in [1.165, 1.54) is 0 Å². The van der Waals surface area contributed by atoms with E-state index in [0.29, 0.717) is 18.3 Å². The van der Waals surface area contributed by atoms with Crippen LogP contribution in [0.5, 0.6) is 0 Å². The molecular formula is C8H16N4O. The molecule has 0 bridgehead atoms. The summed E-state index contributed by atoms with van der Waals surface area (Å²) in [6.07, 6.45) is 1.10. The maximum absolute atomic E-state index is 4.93. The van der Waals surface area contributed by atoms with Gasteiger partial charge in [0.1, 0.15) is 0 Å². The third-order valence-corrected chi connectivity index (χ3v) is 1.63. The van der Waals surface area contributed by atoms with E-state index in [0.717, 1.165) is 19.5 Å². The van der Waals surface area contributed by atoms with Crippen LogP contribution in [0.25, 0.3) is 0 Å². The van der Waals surface area contributed by atoms with Crippen molar-refractivity contribution >= 4 is 0 Å². The summed E-state index contributed by atoms with van der Waals surface area (Å²) in [5.74, 6) is 1.34. The lowest BCUT2D eigenvalue weighted by atomic mass is 10.4. The average molecular weight is 184 g/mol. The smallest absolute Gasteiger partial charge is 0.240 e. The Hall–Kier alpha value is -0.940. The van der Waals surface area contributed by atoms with E-state index >= 15 is 0 Å². The minimum atomic E-state index is 0.655. The first-order chi connectivity index (χ1) is 6.33. The molecule has 0 atom stereocenters. The molecule has 5 nitrogen and oxygen atoms in total. The summed E-state index contributed by atoms with van der Waals surface area (Å²) in [6, 6.07) is 0. The summed E-state index contributed by atoms with van der Waals surface area (Å²) in [6.45, 7) is 4.46. The molecule has 5 heteroatoms. The summed E-state index contributed by atoms with van der Waals surface area (Å²) < 4.78 is 4.93. The molecule has 1 heterocycles. The van der Waals surface area contributed by atoms with Gasteiger partial charge in [0.15, 0.2) is 5.82 Å². The second-order valence-corrected chi connectivity index (χ2v) is 2.87. The number of aryl methyl sites for hydroxylation is 1. The highest BCUT2D eigenvalue weighted by molar-refractivity contribution is 4.81. The van der Waals surface area contributed by atoms with Gasteiger partial charge >= 0.3 is 0 Å². The maximum atomic E-state index is 4.93. The van der Waals surface area contributed by atoms with Gasteiger partial charge in [-0.15, -0.1) is 0 Å². The first-order valence-electron chi connectivity index (χ1n) is 4.47. The van der Waals surface area contributed by atoms with E-state index in [9.17, 15) is 0 Å². The van der Waals surface area contributed by atoms with E-state index in [1.54, 1.807) is 0 Å². The Labute approximate surface area is 77.9 Å². The van der Waals surface area contributed by atoms with E-state index in [2.05, 4.69) is 20.8 Å². The van der Waals surface area contributed by atoms with Crippen LogP contribution >= 0.6 is 0 Å². The number of aromatic nitrogens is 2. The Kier molecular flexibility index (Phi) is 4.42. The highest BCUT2D eigenvalue weighted by Crippen LogP contribution is 1.93. The molecule has 0 amide bonds. The van der Waals surface area contributed by atoms with E-state index < -0.39 is 0 Å². The van der Waals surface area contributed by atoms with Crippen molar-refractivity contribution in [1.82, 2.24) is 20.8 Å². The van der Waals surface area contributed by atoms with Crippen LogP contribution in [-0.4, -0.2) is 30.3 Å². The van der Waals surface area contributed by atoms with Crippen molar-refractivity contribution in [3.05, 3.63) is 11.7 Å². The van der Waals surface area contributed by atoms with Gasteiger partial charge < -0.3 is 15.2 Å². The van der Waals surface area contributed by atoms with Gasteiger partial charge in [0.05, 0.1) is 6.54 Å². The molecule has 0 aliphatic carbocycles. The average Bonchev–Trinajstić information content (AvgIpc) is 2.51. The number of nitrogens with zero attached hydrogens (tertiary/aromatic N) is 2. The standard InChI is InChI=1S/C8H16N4O/c1-7-11-8(13-12-7)6-10-5-3-4-9-2/h9-10H,3-6H2,1-2H3. The summed E-state index contributed by atoms with van der Waals surface area (Å²) in [5.41, 5.74) is 0. The second-order valence-electron chi connectivity index (χ2n) is 2.87. The Morgan fingerprint density at radius 3 is 2.85 bits per heavy atom. The Morgan fingerprint density at radius 1 is 1.38 bits per heavy atom. The minimum absolute atomic E-state index is 0.655. The number of hydrogen-bond donors (Lipinski definition) is 2. The molecule has 1 aromatic heterocycles. The second kappa shape index (κ2) is 5.66. The van der Waals surface area contributed by atoms with Gasteiger partial charge in [-0.3, -0.25) is 0 Å². The van der Waals surface area contributed by atoms with Crippen LogP contribution in [0, 0.1) is 6.92 Å². The summed E-state index contributed by atoms with van der Waals surface area (Å²) in [4.78, 5) is 4.07. The lowest BCUT2D eigenvalue weighted by Crippen LogP contribution is -2.19. The van der Waals surface area contributed by atoms with Gasteiger partial charge in [-0.25, -0.2) is 0 Å². The summed E-state index contributed by atoms with van der Waals surface area (Å²) >= 11 is 0.